The molecular weight excluding hydrogens is 360 g/mol. The number of likely N-dealkylation sites (N-methyl/N-ethyl adjacent to an activating group) is 1. The van der Waals surface area contributed by atoms with E-state index in [-0.39, 0.29) is 18.3 Å². The zero-order chi connectivity index (χ0) is 17.5. The van der Waals surface area contributed by atoms with Gasteiger partial charge in [0.25, 0.3) is 0 Å². The Morgan fingerprint density at radius 2 is 2.08 bits per heavy atom. The number of nitrogens with zero attached hydrogens (tertiary/aromatic N) is 1. The first kappa shape index (κ1) is 21.3. The number of halogens is 1. The van der Waals surface area contributed by atoms with Crippen molar-refractivity contribution in [2.24, 2.45) is 5.73 Å². The lowest BCUT2D eigenvalue weighted by atomic mass is 10.1. The van der Waals surface area contributed by atoms with E-state index < -0.39 is 6.04 Å². The van der Waals surface area contributed by atoms with Crippen molar-refractivity contribution < 1.29 is 14.3 Å². The standard InChI is InChI=1S/C18H24N2O3S.ClH/c1-4-20(18(21)13(2)19)11-14-7-8-16(17(10-14)22-3)23-12-15-6-5-9-24-15;/h5-10,13H,4,11-12,19H2,1-3H3;1H/t13-;/m1./s1. The van der Waals surface area contributed by atoms with Gasteiger partial charge in [-0.1, -0.05) is 12.1 Å². The molecule has 2 aromatic rings. The van der Waals surface area contributed by atoms with E-state index in [0.29, 0.717) is 31.2 Å². The number of amides is 1. The quantitative estimate of drug-likeness (QED) is 0.757. The molecule has 0 aliphatic rings. The third-order valence-corrected chi connectivity index (χ3v) is 4.48. The predicted molar refractivity (Wildman–Crippen MR) is 104 cm³/mol. The summed E-state index contributed by atoms with van der Waals surface area (Å²) in [5, 5.41) is 2.02. The van der Waals surface area contributed by atoms with Gasteiger partial charge in [-0.15, -0.1) is 23.7 Å². The molecule has 0 unspecified atom stereocenters. The van der Waals surface area contributed by atoms with Crippen LogP contribution in [0.1, 0.15) is 24.3 Å². The van der Waals surface area contributed by atoms with E-state index in [2.05, 4.69) is 0 Å². The molecule has 0 saturated heterocycles. The molecule has 2 N–H and O–H groups in total. The fraction of sp³-hybridized carbons (Fsp3) is 0.389. The first-order valence-electron chi connectivity index (χ1n) is 7.91. The van der Waals surface area contributed by atoms with Gasteiger partial charge in [-0.2, -0.15) is 0 Å². The number of benzene rings is 1. The minimum absolute atomic E-state index is 0. The second-order valence-electron chi connectivity index (χ2n) is 5.49. The van der Waals surface area contributed by atoms with Crippen LogP contribution in [0.15, 0.2) is 35.7 Å². The second kappa shape index (κ2) is 10.3. The summed E-state index contributed by atoms with van der Waals surface area (Å²) in [7, 11) is 1.61. The van der Waals surface area contributed by atoms with E-state index in [1.54, 1.807) is 30.3 Å². The largest absolute Gasteiger partial charge is 0.493 e. The smallest absolute Gasteiger partial charge is 0.239 e. The number of carbonyl (C=O) groups excluding carboxylic acids is 1. The molecule has 0 spiro atoms. The molecule has 1 amide bonds. The zero-order valence-corrected chi connectivity index (χ0v) is 16.4. The monoisotopic (exact) mass is 384 g/mol. The first-order valence-corrected chi connectivity index (χ1v) is 8.79. The fourth-order valence-corrected chi connectivity index (χ4v) is 2.94. The van der Waals surface area contributed by atoms with Gasteiger partial charge < -0.3 is 20.1 Å². The van der Waals surface area contributed by atoms with E-state index >= 15 is 0 Å². The van der Waals surface area contributed by atoms with Crippen LogP contribution in [0.2, 0.25) is 0 Å². The Hall–Kier alpha value is -1.76. The molecular formula is C18H25ClN2O3S. The molecule has 0 aliphatic carbocycles. The lowest BCUT2D eigenvalue weighted by Gasteiger charge is -2.23. The van der Waals surface area contributed by atoms with Crippen LogP contribution < -0.4 is 15.2 Å². The van der Waals surface area contributed by atoms with Crippen LogP contribution >= 0.6 is 23.7 Å². The van der Waals surface area contributed by atoms with Gasteiger partial charge in [-0.3, -0.25) is 4.79 Å². The van der Waals surface area contributed by atoms with E-state index in [1.807, 2.05) is 42.6 Å². The number of hydrogen-bond acceptors (Lipinski definition) is 5. The van der Waals surface area contributed by atoms with Crippen LogP contribution in [0.3, 0.4) is 0 Å². The van der Waals surface area contributed by atoms with Gasteiger partial charge in [0.05, 0.1) is 13.2 Å². The summed E-state index contributed by atoms with van der Waals surface area (Å²) in [5.41, 5.74) is 6.68. The molecule has 5 nitrogen and oxygen atoms in total. The Morgan fingerprint density at radius 1 is 1.32 bits per heavy atom. The van der Waals surface area contributed by atoms with Gasteiger partial charge in [0.1, 0.15) is 6.61 Å². The van der Waals surface area contributed by atoms with E-state index in [1.165, 1.54) is 0 Å². The van der Waals surface area contributed by atoms with Crippen LogP contribution in [0.5, 0.6) is 11.5 Å². The first-order chi connectivity index (χ1) is 11.5. The van der Waals surface area contributed by atoms with Crippen LogP contribution in [0, 0.1) is 0 Å². The molecule has 0 aliphatic heterocycles. The van der Waals surface area contributed by atoms with Crippen LogP contribution in [0.25, 0.3) is 0 Å². The highest BCUT2D eigenvalue weighted by Gasteiger charge is 2.17. The average Bonchev–Trinajstić information content (AvgIpc) is 3.11. The molecule has 1 atom stereocenters. The van der Waals surface area contributed by atoms with E-state index in [0.717, 1.165) is 10.4 Å². The molecule has 0 radical (unpaired) electrons. The third-order valence-electron chi connectivity index (χ3n) is 3.63. The highest BCUT2D eigenvalue weighted by atomic mass is 35.5. The van der Waals surface area contributed by atoms with Crippen molar-refractivity contribution >= 4 is 29.7 Å². The fourth-order valence-electron chi connectivity index (χ4n) is 2.33. The number of carbonyl (C=O) groups is 1. The topological polar surface area (TPSA) is 64.8 Å². The third kappa shape index (κ3) is 5.92. The number of ether oxygens (including phenoxy) is 2. The van der Waals surface area contributed by atoms with Crippen molar-refractivity contribution in [2.45, 2.75) is 33.0 Å². The lowest BCUT2D eigenvalue weighted by molar-refractivity contribution is -0.132. The summed E-state index contributed by atoms with van der Waals surface area (Å²) >= 11 is 1.65. The van der Waals surface area contributed by atoms with Gasteiger partial charge in [-0.25, -0.2) is 0 Å². The summed E-state index contributed by atoms with van der Waals surface area (Å²) in [5.74, 6) is 1.29. The molecule has 25 heavy (non-hydrogen) atoms. The highest BCUT2D eigenvalue weighted by molar-refractivity contribution is 7.09. The summed E-state index contributed by atoms with van der Waals surface area (Å²) in [4.78, 5) is 15.0. The van der Waals surface area contributed by atoms with Crippen molar-refractivity contribution in [1.29, 1.82) is 0 Å². The predicted octanol–water partition coefficient (Wildman–Crippen LogP) is 3.45. The van der Waals surface area contributed by atoms with Gasteiger partial charge in [0.2, 0.25) is 5.91 Å². The molecule has 0 saturated carbocycles. The lowest BCUT2D eigenvalue weighted by Crippen LogP contribution is -2.41. The number of hydrogen-bond donors (Lipinski definition) is 1. The molecule has 2 rings (SSSR count). The van der Waals surface area contributed by atoms with Gasteiger partial charge in [0, 0.05) is 18.0 Å². The molecule has 1 heterocycles. The summed E-state index contributed by atoms with van der Waals surface area (Å²) in [6.07, 6.45) is 0. The minimum Gasteiger partial charge on any atom is -0.493 e. The Labute approximate surface area is 159 Å². The van der Waals surface area contributed by atoms with Crippen molar-refractivity contribution in [3.63, 3.8) is 0 Å². The van der Waals surface area contributed by atoms with Crippen molar-refractivity contribution in [2.75, 3.05) is 13.7 Å². The normalized spacial score (nSPS) is 11.4. The Balaban J connectivity index is 0.00000312. The maximum absolute atomic E-state index is 12.1. The second-order valence-corrected chi connectivity index (χ2v) is 6.53. The number of rotatable bonds is 8. The molecule has 7 heteroatoms. The van der Waals surface area contributed by atoms with Crippen molar-refractivity contribution in [1.82, 2.24) is 4.90 Å². The maximum Gasteiger partial charge on any atom is 0.239 e. The van der Waals surface area contributed by atoms with Gasteiger partial charge >= 0.3 is 0 Å². The summed E-state index contributed by atoms with van der Waals surface area (Å²) in [6.45, 7) is 5.26. The van der Waals surface area contributed by atoms with Gasteiger partial charge in [0.15, 0.2) is 11.5 Å². The number of thiophene rings is 1. The minimum atomic E-state index is -0.500. The van der Waals surface area contributed by atoms with Crippen molar-refractivity contribution in [3.8, 4) is 11.5 Å². The molecule has 0 fully saturated rings. The Morgan fingerprint density at radius 3 is 2.64 bits per heavy atom. The zero-order valence-electron chi connectivity index (χ0n) is 14.7. The Kier molecular flexibility index (Phi) is 8.75. The maximum atomic E-state index is 12.1. The molecule has 1 aromatic carbocycles. The molecule has 138 valence electrons. The van der Waals surface area contributed by atoms with Crippen molar-refractivity contribution in [3.05, 3.63) is 46.2 Å². The molecule has 0 bridgehead atoms. The van der Waals surface area contributed by atoms with Crippen LogP contribution in [0.4, 0.5) is 0 Å². The van der Waals surface area contributed by atoms with Crippen LogP contribution in [-0.2, 0) is 17.9 Å². The van der Waals surface area contributed by atoms with Gasteiger partial charge in [-0.05, 0) is 43.0 Å². The average molecular weight is 385 g/mol. The SMILES string of the molecule is CCN(Cc1ccc(OCc2cccs2)c(OC)c1)C(=O)[C@@H](C)N.Cl. The summed E-state index contributed by atoms with van der Waals surface area (Å²) < 4.78 is 11.3. The number of nitrogens with two attached hydrogens (primary N) is 1. The molecule has 1 aromatic heterocycles. The van der Waals surface area contributed by atoms with E-state index in [9.17, 15) is 4.79 Å². The van der Waals surface area contributed by atoms with E-state index in [4.69, 9.17) is 15.2 Å². The Bertz CT molecular complexity index is 662. The summed E-state index contributed by atoms with van der Waals surface area (Å²) in [6, 6.07) is 9.26. The van der Waals surface area contributed by atoms with Crippen LogP contribution in [-0.4, -0.2) is 30.5 Å². The highest BCUT2D eigenvalue weighted by Crippen LogP contribution is 2.29. The number of methoxy groups -OCH3 is 1.